The van der Waals surface area contributed by atoms with Gasteiger partial charge in [-0.1, -0.05) is 60.7 Å². The summed E-state index contributed by atoms with van der Waals surface area (Å²) in [6.07, 6.45) is -4.92. The highest BCUT2D eigenvalue weighted by atomic mass is 16.7. The van der Waals surface area contributed by atoms with E-state index < -0.39 is 116 Å². The van der Waals surface area contributed by atoms with Crippen LogP contribution in [-0.2, 0) is 61.8 Å². The molecule has 12 rings (SSSR count). The molecule has 0 radical (unpaired) electrons. The van der Waals surface area contributed by atoms with Crippen molar-refractivity contribution in [2.24, 2.45) is 0 Å². The van der Waals surface area contributed by atoms with Crippen LogP contribution < -0.4 is 16.0 Å². The van der Waals surface area contributed by atoms with E-state index in [1.165, 1.54) is 85.6 Å². The quantitative estimate of drug-likeness (QED) is 0.0442. The molecule has 6 aromatic heterocycles. The van der Waals surface area contributed by atoms with E-state index >= 15 is 0 Å². The standard InChI is InChI=1S/C61H59N15O16/c1-6-22-84-44-39(91-59(47(44)87-32(2)77)74-29-68-41-50(62-26-65-53(41)74)71-56(80)35-16-10-7-11-17-35)24-86-46-40(92-61(49(46)89-34(4)79)76-31-70-43-52(64-28-67-55(43)76)73-58(82)37-20-14-9-15-21-37)25-85-45-38(23-83-5)90-60(48(45)88-33(3)78)75-30-69-42-51(63-27-66-54(42)75)72-57(81)36-18-12-8-13-19-36/h6-21,26-31,38-40,44-49,59-61H,1,22-25H2,2-5H3,(H,62,65,71,80)(H,63,66,72,81)(H,64,67,73,82)/t38-,39-,40-,44-,45-,46-,47-,48-,49-,59-,60-,61-/m1/s1. The smallest absolute Gasteiger partial charge is 0.303 e. The summed E-state index contributed by atoms with van der Waals surface area (Å²) in [5, 5.41) is 8.38. The van der Waals surface area contributed by atoms with Crippen molar-refractivity contribution in [1.29, 1.82) is 0 Å². The summed E-state index contributed by atoms with van der Waals surface area (Å²) < 4.78 is 68.8. The van der Waals surface area contributed by atoms with Crippen LogP contribution in [0.25, 0.3) is 33.5 Å². The van der Waals surface area contributed by atoms with Crippen molar-refractivity contribution in [2.75, 3.05) is 49.5 Å². The Morgan fingerprint density at radius 3 is 1.07 bits per heavy atom. The lowest BCUT2D eigenvalue weighted by molar-refractivity contribution is -0.163. The molecule has 12 atom stereocenters. The van der Waals surface area contributed by atoms with Crippen LogP contribution in [0.15, 0.2) is 142 Å². The van der Waals surface area contributed by atoms with E-state index in [1.807, 2.05) is 0 Å². The van der Waals surface area contributed by atoms with Crippen LogP contribution in [-0.4, -0.2) is 183 Å². The first-order valence-corrected chi connectivity index (χ1v) is 28.8. The zero-order valence-corrected chi connectivity index (χ0v) is 49.6. The van der Waals surface area contributed by atoms with Crippen LogP contribution in [0, 0.1) is 0 Å². The van der Waals surface area contributed by atoms with Gasteiger partial charge in [-0.25, -0.2) is 44.9 Å². The number of nitrogens with one attached hydrogen (secondary N) is 3. The first kappa shape index (κ1) is 61.8. The van der Waals surface area contributed by atoms with E-state index in [0.717, 1.165) is 0 Å². The van der Waals surface area contributed by atoms with Crippen LogP contribution in [0.3, 0.4) is 0 Å². The SMILES string of the molecule is C=CCO[C@H]1[C@@H](OC(C)=O)[C@H](n2cnc3c(NC(=O)c4ccccc4)ncnc32)O[C@@H]1CO[C@H]1[C@@H](OC(C)=O)[C@H](n2cnc3c(NC(=O)c4ccccc4)ncnc32)O[C@@H]1CO[C@H]1[C@@H](OC(C)=O)[C@H](n2cnc3c(NC(=O)c4ccccc4)ncnc32)O[C@@H]1COC. The number of benzene rings is 3. The summed E-state index contributed by atoms with van der Waals surface area (Å²) in [6, 6.07) is 25.5. The maximum Gasteiger partial charge on any atom is 0.303 e. The van der Waals surface area contributed by atoms with E-state index in [2.05, 4.69) is 67.4 Å². The summed E-state index contributed by atoms with van der Waals surface area (Å²) in [4.78, 5) is 120. The maximum atomic E-state index is 13.5. The van der Waals surface area contributed by atoms with Crippen molar-refractivity contribution >= 4 is 86.6 Å². The molecule has 31 heteroatoms. The predicted octanol–water partition coefficient (Wildman–Crippen LogP) is 4.74. The number of ether oxygens (including phenoxy) is 10. The minimum atomic E-state index is -1.36. The highest BCUT2D eigenvalue weighted by Crippen LogP contribution is 2.42. The zero-order chi connectivity index (χ0) is 64.0. The molecule has 0 bridgehead atoms. The van der Waals surface area contributed by atoms with Crippen molar-refractivity contribution in [1.82, 2.24) is 58.6 Å². The van der Waals surface area contributed by atoms with Crippen molar-refractivity contribution in [2.45, 2.75) is 94.4 Å². The van der Waals surface area contributed by atoms with Gasteiger partial charge in [0.25, 0.3) is 17.7 Å². The number of imidazole rings is 3. The number of rotatable bonds is 23. The van der Waals surface area contributed by atoms with Gasteiger partial charge in [0.2, 0.25) is 0 Å². The highest BCUT2D eigenvalue weighted by molar-refractivity contribution is 6.08. The molecule has 3 aliphatic rings. The number of methoxy groups -OCH3 is 1. The second-order valence-electron chi connectivity index (χ2n) is 21.2. The number of aromatic nitrogens is 12. The fourth-order valence-electron chi connectivity index (χ4n) is 11.2. The Morgan fingerprint density at radius 2 is 0.761 bits per heavy atom. The first-order chi connectivity index (χ1) is 44.8. The topological polar surface area (TPSA) is 362 Å². The molecule has 9 heterocycles. The van der Waals surface area contributed by atoms with Gasteiger partial charge in [0.05, 0.1) is 45.4 Å². The van der Waals surface area contributed by atoms with Crippen molar-refractivity contribution in [3.63, 3.8) is 0 Å². The number of fused-ring (bicyclic) bond motifs is 3. The summed E-state index contributed by atoms with van der Waals surface area (Å²) in [6.45, 7) is 6.56. The van der Waals surface area contributed by atoms with Gasteiger partial charge in [-0.2, -0.15) is 0 Å². The molecule has 0 aliphatic carbocycles. The van der Waals surface area contributed by atoms with Gasteiger partial charge in [0.15, 0.2) is 87.9 Å². The fourth-order valence-corrected chi connectivity index (χ4v) is 11.2. The summed E-state index contributed by atoms with van der Waals surface area (Å²) in [5.41, 5.74) is 2.16. The molecule has 3 saturated heterocycles. The average Bonchev–Trinajstić information content (AvgIpc) is 1.65. The second kappa shape index (κ2) is 27.4. The van der Waals surface area contributed by atoms with Crippen LogP contribution >= 0.6 is 0 Å². The number of hydrogen-bond acceptors (Lipinski definition) is 25. The van der Waals surface area contributed by atoms with Crippen molar-refractivity contribution in [3.8, 4) is 0 Å². The molecule has 3 fully saturated rings. The van der Waals surface area contributed by atoms with Crippen molar-refractivity contribution < 1.29 is 76.1 Å². The molecule has 3 aromatic carbocycles. The van der Waals surface area contributed by atoms with E-state index in [9.17, 15) is 28.8 Å². The molecule has 0 spiro atoms. The van der Waals surface area contributed by atoms with Crippen LogP contribution in [0.1, 0.15) is 70.5 Å². The first-order valence-electron chi connectivity index (χ1n) is 28.8. The molecule has 3 amide bonds. The predicted molar refractivity (Wildman–Crippen MR) is 319 cm³/mol. The van der Waals surface area contributed by atoms with E-state index in [1.54, 1.807) is 91.0 Å². The molecule has 0 saturated carbocycles. The highest BCUT2D eigenvalue weighted by Gasteiger charge is 2.55. The number of anilines is 3. The van der Waals surface area contributed by atoms with Gasteiger partial charge in [0, 0.05) is 44.6 Å². The second-order valence-corrected chi connectivity index (χ2v) is 21.2. The minimum Gasteiger partial charge on any atom is -0.455 e. The minimum absolute atomic E-state index is 0.0492. The van der Waals surface area contributed by atoms with Gasteiger partial charge in [0.1, 0.15) is 55.6 Å². The number of hydrogen-bond donors (Lipinski definition) is 3. The fraction of sp³-hybridized carbons (Fsp3) is 0.328. The molecule has 474 valence electrons. The third kappa shape index (κ3) is 12.8. The Morgan fingerprint density at radius 1 is 0.446 bits per heavy atom. The van der Waals surface area contributed by atoms with Gasteiger partial charge in [-0.05, 0) is 36.4 Å². The number of carbonyl (C=O) groups is 6. The lowest BCUT2D eigenvalue weighted by Gasteiger charge is -2.29. The molecule has 92 heavy (non-hydrogen) atoms. The molecule has 0 unspecified atom stereocenters. The average molecular weight is 1260 g/mol. The number of amides is 3. The largest absolute Gasteiger partial charge is 0.455 e. The van der Waals surface area contributed by atoms with Crippen LogP contribution in [0.2, 0.25) is 0 Å². The van der Waals surface area contributed by atoms with Gasteiger partial charge in [-0.3, -0.25) is 42.5 Å². The zero-order valence-electron chi connectivity index (χ0n) is 49.6. The molecule has 31 nitrogen and oxygen atoms in total. The summed E-state index contributed by atoms with van der Waals surface area (Å²) in [7, 11) is 1.45. The molecule has 3 N–H and O–H groups in total. The summed E-state index contributed by atoms with van der Waals surface area (Å²) >= 11 is 0. The molecular weight excluding hydrogens is 1200 g/mol. The third-order valence-electron chi connectivity index (χ3n) is 15.1. The van der Waals surface area contributed by atoms with E-state index in [0.29, 0.717) is 16.7 Å². The van der Waals surface area contributed by atoms with Crippen LogP contribution in [0.4, 0.5) is 17.5 Å². The van der Waals surface area contributed by atoms with Crippen LogP contribution in [0.5, 0.6) is 0 Å². The summed E-state index contributed by atoms with van der Waals surface area (Å²) in [5.74, 6) is -3.26. The lowest BCUT2D eigenvalue weighted by Crippen LogP contribution is -2.45. The van der Waals surface area contributed by atoms with E-state index in [-0.39, 0.29) is 70.8 Å². The monoisotopic (exact) mass is 1260 g/mol. The Labute approximate surface area is 521 Å². The van der Waals surface area contributed by atoms with Gasteiger partial charge < -0.3 is 63.3 Å². The molecule has 9 aromatic rings. The number of esters is 3. The van der Waals surface area contributed by atoms with Gasteiger partial charge in [-0.15, -0.1) is 6.58 Å². The van der Waals surface area contributed by atoms with E-state index in [4.69, 9.17) is 47.4 Å². The Kier molecular flexibility index (Phi) is 18.4. The Balaban J connectivity index is 0.880. The maximum absolute atomic E-state index is 13.5. The Bertz CT molecular complexity index is 4180. The molecule has 3 aliphatic heterocycles. The molecular formula is C61H59N15O16. The number of carbonyl (C=O) groups excluding carboxylic acids is 6. The lowest BCUT2D eigenvalue weighted by atomic mass is 10.1. The van der Waals surface area contributed by atoms with Crippen molar-refractivity contribution in [3.05, 3.63) is 158 Å². The normalized spacial score (nSPS) is 23.5. The van der Waals surface area contributed by atoms with Gasteiger partial charge >= 0.3 is 17.9 Å². The third-order valence-corrected chi connectivity index (χ3v) is 15.1. The number of nitrogens with zero attached hydrogens (tertiary/aromatic N) is 12. The Hall–Kier alpha value is -10.4.